The van der Waals surface area contributed by atoms with Crippen molar-refractivity contribution < 1.29 is 4.79 Å². The Labute approximate surface area is 165 Å². The topological polar surface area (TPSA) is 46.9 Å². The van der Waals surface area contributed by atoms with E-state index in [2.05, 4.69) is 48.4 Å². The summed E-state index contributed by atoms with van der Waals surface area (Å²) in [5.41, 5.74) is 6.50. The second kappa shape index (κ2) is 8.01. The number of carbonyl (C=O) groups is 1. The third-order valence-electron chi connectivity index (χ3n) is 4.46. The molecule has 1 N–H and O–H groups in total. The van der Waals surface area contributed by atoms with Gasteiger partial charge in [-0.2, -0.15) is 0 Å². The van der Waals surface area contributed by atoms with Gasteiger partial charge in [-0.3, -0.25) is 9.36 Å². The summed E-state index contributed by atoms with van der Waals surface area (Å²) in [5.74, 6) is -0.0196. The van der Waals surface area contributed by atoms with E-state index in [0.29, 0.717) is 0 Å². The van der Waals surface area contributed by atoms with Crippen LogP contribution < -0.4 is 5.32 Å². The summed E-state index contributed by atoms with van der Waals surface area (Å²) < 4.78 is 2.02. The van der Waals surface area contributed by atoms with Gasteiger partial charge in [-0.25, -0.2) is 4.98 Å². The third kappa shape index (κ3) is 4.42. The maximum absolute atomic E-state index is 12.8. The van der Waals surface area contributed by atoms with Crippen LogP contribution in [0.4, 0.5) is 5.69 Å². The molecule has 4 nitrogen and oxygen atoms in total. The molecule has 0 saturated heterocycles. The fourth-order valence-corrected chi connectivity index (χ4v) is 4.05. The normalized spacial score (nSPS) is 12.0. The van der Waals surface area contributed by atoms with E-state index >= 15 is 0 Å². The van der Waals surface area contributed by atoms with Gasteiger partial charge in [-0.05, 0) is 63.4 Å². The molecule has 1 atom stereocenters. The van der Waals surface area contributed by atoms with Gasteiger partial charge >= 0.3 is 0 Å². The molecule has 27 heavy (non-hydrogen) atoms. The van der Waals surface area contributed by atoms with Gasteiger partial charge < -0.3 is 5.32 Å². The Balaban J connectivity index is 1.76. The molecule has 1 unspecified atom stereocenters. The summed E-state index contributed by atoms with van der Waals surface area (Å²) in [5, 5.41) is 3.63. The standard InChI is InChI=1S/C22H25N3OS/c1-14-7-6-8-19(13-14)25-10-9-23-22(25)27-18(5)21(26)24-20-16(3)11-15(2)12-17(20)4/h6-13,18H,1-5H3,(H,24,26). The Kier molecular flexibility index (Phi) is 5.71. The van der Waals surface area contributed by atoms with Gasteiger partial charge in [-0.1, -0.05) is 41.6 Å². The molecule has 0 saturated carbocycles. The lowest BCUT2D eigenvalue weighted by Gasteiger charge is -2.16. The van der Waals surface area contributed by atoms with Gasteiger partial charge in [0.05, 0.1) is 5.25 Å². The first-order valence-electron chi connectivity index (χ1n) is 9.01. The van der Waals surface area contributed by atoms with Crippen molar-refractivity contribution in [3.8, 4) is 5.69 Å². The molecule has 0 aliphatic carbocycles. The molecular formula is C22H25N3OS. The van der Waals surface area contributed by atoms with Crippen molar-refractivity contribution in [3.63, 3.8) is 0 Å². The molecule has 2 aromatic carbocycles. The highest BCUT2D eigenvalue weighted by molar-refractivity contribution is 8.00. The highest BCUT2D eigenvalue weighted by Gasteiger charge is 2.19. The number of benzene rings is 2. The number of amides is 1. The predicted molar refractivity (Wildman–Crippen MR) is 113 cm³/mol. The Morgan fingerprint density at radius 3 is 2.44 bits per heavy atom. The van der Waals surface area contributed by atoms with Crippen LogP contribution in [0, 0.1) is 27.7 Å². The Morgan fingerprint density at radius 1 is 1.07 bits per heavy atom. The van der Waals surface area contributed by atoms with Crippen LogP contribution in [-0.2, 0) is 4.79 Å². The zero-order chi connectivity index (χ0) is 19.6. The predicted octanol–water partition coefficient (Wildman–Crippen LogP) is 5.23. The van der Waals surface area contributed by atoms with E-state index in [-0.39, 0.29) is 11.2 Å². The molecule has 140 valence electrons. The van der Waals surface area contributed by atoms with Crippen molar-refractivity contribution in [1.82, 2.24) is 9.55 Å². The number of rotatable bonds is 5. The van der Waals surface area contributed by atoms with Crippen molar-refractivity contribution in [2.24, 2.45) is 0 Å². The summed E-state index contributed by atoms with van der Waals surface area (Å²) in [6.07, 6.45) is 3.69. The number of carbonyl (C=O) groups excluding carboxylic acids is 1. The van der Waals surface area contributed by atoms with Crippen LogP contribution in [0.15, 0.2) is 53.9 Å². The largest absolute Gasteiger partial charge is 0.325 e. The summed E-state index contributed by atoms with van der Waals surface area (Å²) >= 11 is 1.46. The number of hydrogen-bond acceptors (Lipinski definition) is 3. The number of nitrogens with zero attached hydrogens (tertiary/aromatic N) is 2. The van der Waals surface area contributed by atoms with E-state index in [9.17, 15) is 4.79 Å². The molecule has 1 amide bonds. The molecule has 1 heterocycles. The van der Waals surface area contributed by atoms with Gasteiger partial charge in [0.15, 0.2) is 5.16 Å². The minimum atomic E-state index is -0.268. The second-order valence-corrected chi connectivity index (χ2v) is 8.25. The van der Waals surface area contributed by atoms with Crippen molar-refractivity contribution in [2.75, 3.05) is 5.32 Å². The number of nitrogens with one attached hydrogen (secondary N) is 1. The maximum atomic E-state index is 12.8. The number of imidazole rings is 1. The van der Waals surface area contributed by atoms with Gasteiger partial charge in [0.25, 0.3) is 0 Å². The monoisotopic (exact) mass is 379 g/mol. The molecule has 1 aromatic heterocycles. The van der Waals surface area contributed by atoms with Crippen LogP contribution >= 0.6 is 11.8 Å². The van der Waals surface area contributed by atoms with Crippen LogP contribution in [0.3, 0.4) is 0 Å². The minimum absolute atomic E-state index is 0.0196. The summed E-state index contributed by atoms with van der Waals surface area (Å²) in [6, 6.07) is 12.4. The summed E-state index contributed by atoms with van der Waals surface area (Å²) in [7, 11) is 0. The van der Waals surface area contributed by atoms with E-state index in [1.54, 1.807) is 6.20 Å². The molecule has 0 aliphatic rings. The van der Waals surface area contributed by atoms with Gasteiger partial charge in [0.2, 0.25) is 5.91 Å². The fourth-order valence-electron chi connectivity index (χ4n) is 3.16. The molecule has 0 radical (unpaired) electrons. The smallest absolute Gasteiger partial charge is 0.237 e. The van der Waals surface area contributed by atoms with Gasteiger partial charge in [0, 0.05) is 23.8 Å². The number of hydrogen-bond donors (Lipinski definition) is 1. The highest BCUT2D eigenvalue weighted by Crippen LogP contribution is 2.27. The fraction of sp³-hybridized carbons (Fsp3) is 0.273. The Morgan fingerprint density at radius 2 is 1.78 bits per heavy atom. The van der Waals surface area contributed by atoms with E-state index in [4.69, 9.17) is 0 Å². The van der Waals surface area contributed by atoms with Crippen molar-refractivity contribution in [3.05, 3.63) is 71.0 Å². The lowest BCUT2D eigenvalue weighted by molar-refractivity contribution is -0.115. The van der Waals surface area contributed by atoms with E-state index < -0.39 is 0 Å². The number of aromatic nitrogens is 2. The van der Waals surface area contributed by atoms with Crippen molar-refractivity contribution in [2.45, 2.75) is 45.0 Å². The second-order valence-electron chi connectivity index (χ2n) is 6.94. The van der Waals surface area contributed by atoms with Crippen LogP contribution in [0.5, 0.6) is 0 Å². The first-order valence-corrected chi connectivity index (χ1v) is 9.89. The van der Waals surface area contributed by atoms with Crippen LogP contribution in [-0.4, -0.2) is 20.7 Å². The zero-order valence-corrected chi connectivity index (χ0v) is 17.2. The van der Waals surface area contributed by atoms with Crippen LogP contribution in [0.2, 0.25) is 0 Å². The number of anilines is 1. The molecule has 3 rings (SSSR count). The highest BCUT2D eigenvalue weighted by atomic mass is 32.2. The molecule has 5 heteroatoms. The first kappa shape index (κ1) is 19.2. The summed E-state index contributed by atoms with van der Waals surface area (Å²) in [4.78, 5) is 17.2. The molecule has 0 aliphatic heterocycles. The Bertz CT molecular complexity index is 954. The van der Waals surface area contributed by atoms with Crippen LogP contribution in [0.1, 0.15) is 29.2 Å². The van der Waals surface area contributed by atoms with Crippen molar-refractivity contribution >= 4 is 23.4 Å². The molecule has 0 bridgehead atoms. The van der Waals surface area contributed by atoms with E-state index in [1.807, 2.05) is 43.7 Å². The number of aryl methyl sites for hydroxylation is 4. The molecule has 0 fully saturated rings. The van der Waals surface area contributed by atoms with E-state index in [0.717, 1.165) is 27.7 Å². The average Bonchev–Trinajstić information content (AvgIpc) is 3.06. The van der Waals surface area contributed by atoms with E-state index in [1.165, 1.54) is 22.9 Å². The SMILES string of the molecule is Cc1cccc(-n2ccnc2SC(C)C(=O)Nc2c(C)cc(C)cc2C)c1. The Hall–Kier alpha value is -2.53. The quantitative estimate of drug-likeness (QED) is 0.618. The lowest BCUT2D eigenvalue weighted by Crippen LogP contribution is -2.23. The molecule has 3 aromatic rings. The van der Waals surface area contributed by atoms with Crippen LogP contribution in [0.25, 0.3) is 5.69 Å². The summed E-state index contributed by atoms with van der Waals surface area (Å²) in [6.45, 7) is 10.1. The van der Waals surface area contributed by atoms with Gasteiger partial charge in [-0.15, -0.1) is 0 Å². The maximum Gasteiger partial charge on any atom is 0.237 e. The van der Waals surface area contributed by atoms with Gasteiger partial charge in [0.1, 0.15) is 0 Å². The van der Waals surface area contributed by atoms with Crippen molar-refractivity contribution in [1.29, 1.82) is 0 Å². The first-order chi connectivity index (χ1) is 12.8. The minimum Gasteiger partial charge on any atom is -0.325 e. The number of thioether (sulfide) groups is 1. The zero-order valence-electron chi connectivity index (χ0n) is 16.4. The third-order valence-corrected chi connectivity index (χ3v) is 5.54. The molecular weight excluding hydrogens is 354 g/mol. The average molecular weight is 380 g/mol. The molecule has 0 spiro atoms. The lowest BCUT2D eigenvalue weighted by atomic mass is 10.1.